The minimum atomic E-state index is -4.47. The molecule has 10 heteroatoms. The van der Waals surface area contributed by atoms with Gasteiger partial charge >= 0.3 is 11.8 Å². The molecule has 2 aromatic carbocycles. The Morgan fingerprint density at radius 2 is 2.03 bits per heavy atom. The van der Waals surface area contributed by atoms with Gasteiger partial charge in [0.25, 0.3) is 0 Å². The molecule has 0 atom stereocenters. The number of nitriles is 1. The molecule has 0 unspecified atom stereocenters. The highest BCUT2D eigenvalue weighted by atomic mass is 79.9. The second-order valence-corrected chi connectivity index (χ2v) is 8.33. The average Bonchev–Trinajstić information content (AvgIpc) is 3.23. The lowest BCUT2D eigenvalue weighted by Gasteiger charge is -2.08. The third-order valence-corrected chi connectivity index (χ3v) is 5.77. The smallest absolute Gasteiger partial charge is 0.416 e. The fraction of sp³-hybridized carbons (Fsp3) is 0.0455. The maximum absolute atomic E-state index is 12.9. The molecule has 0 saturated carbocycles. The van der Waals surface area contributed by atoms with Crippen molar-refractivity contribution < 1.29 is 17.6 Å². The first-order valence-electron chi connectivity index (χ1n) is 8.98. The summed E-state index contributed by atoms with van der Waals surface area (Å²) >= 11 is 4.49. The van der Waals surface area contributed by atoms with E-state index < -0.39 is 17.4 Å². The molecule has 0 bridgehead atoms. The van der Waals surface area contributed by atoms with Crippen LogP contribution in [0.5, 0.6) is 0 Å². The van der Waals surface area contributed by atoms with Crippen LogP contribution in [0.3, 0.4) is 0 Å². The van der Waals surface area contributed by atoms with Crippen molar-refractivity contribution in [3.05, 3.63) is 85.6 Å². The van der Waals surface area contributed by atoms with E-state index in [1.807, 2.05) is 6.07 Å². The summed E-state index contributed by atoms with van der Waals surface area (Å²) in [4.78, 5) is 16.7. The number of halogens is 4. The van der Waals surface area contributed by atoms with Crippen LogP contribution in [0.2, 0.25) is 0 Å². The lowest BCUT2D eigenvalue weighted by Crippen LogP contribution is -2.05. The Labute approximate surface area is 191 Å². The standard InChI is InChI=1S/C22H11BrF3N3O2S/c23-15-4-5-19-12(6-15)7-17(21(30)31-19)18-11-32-20(29-18)13(9-27)10-28-16-3-1-2-14(8-16)22(24,25)26/h1-8,10-11,28H/b13-10-. The third-order valence-electron chi connectivity index (χ3n) is 4.40. The SMILES string of the molecule is N#C/C(=C/Nc1cccc(C(F)(F)F)c1)c1nc(-c2cc3cc(Br)ccc3oc2=O)cs1. The number of fused-ring (bicyclic) bond motifs is 1. The van der Waals surface area contributed by atoms with E-state index in [9.17, 15) is 23.2 Å². The van der Waals surface area contributed by atoms with Crippen LogP contribution in [0, 0.1) is 11.3 Å². The summed E-state index contributed by atoms with van der Waals surface area (Å²) in [5, 5.41) is 14.8. The van der Waals surface area contributed by atoms with Crippen LogP contribution in [-0.2, 0) is 6.18 Å². The van der Waals surface area contributed by atoms with Crippen LogP contribution in [-0.4, -0.2) is 4.98 Å². The van der Waals surface area contributed by atoms with E-state index in [1.165, 1.54) is 18.3 Å². The van der Waals surface area contributed by atoms with Crippen molar-refractivity contribution in [2.75, 3.05) is 5.32 Å². The number of aromatic nitrogens is 1. The van der Waals surface area contributed by atoms with Crippen molar-refractivity contribution in [3.8, 4) is 17.3 Å². The predicted octanol–water partition coefficient (Wildman–Crippen LogP) is 6.67. The van der Waals surface area contributed by atoms with Crippen molar-refractivity contribution in [1.82, 2.24) is 4.98 Å². The van der Waals surface area contributed by atoms with Gasteiger partial charge in [0.15, 0.2) is 0 Å². The number of anilines is 1. The van der Waals surface area contributed by atoms with Crippen LogP contribution in [0.1, 0.15) is 10.6 Å². The zero-order valence-electron chi connectivity index (χ0n) is 15.9. The van der Waals surface area contributed by atoms with Crippen LogP contribution in [0.4, 0.5) is 18.9 Å². The van der Waals surface area contributed by atoms with Gasteiger partial charge in [-0.05, 0) is 42.5 Å². The molecule has 4 rings (SSSR count). The van der Waals surface area contributed by atoms with E-state index in [0.29, 0.717) is 21.7 Å². The highest BCUT2D eigenvalue weighted by Gasteiger charge is 2.30. The molecule has 4 aromatic rings. The highest BCUT2D eigenvalue weighted by Crippen LogP contribution is 2.31. The lowest BCUT2D eigenvalue weighted by molar-refractivity contribution is -0.137. The van der Waals surface area contributed by atoms with Gasteiger partial charge in [0.2, 0.25) is 0 Å². The number of nitrogens with zero attached hydrogens (tertiary/aromatic N) is 2. The van der Waals surface area contributed by atoms with Gasteiger partial charge in [0.05, 0.1) is 16.8 Å². The first kappa shape index (κ1) is 21.8. The van der Waals surface area contributed by atoms with Crippen LogP contribution in [0.15, 0.2) is 73.8 Å². The van der Waals surface area contributed by atoms with Crippen molar-refractivity contribution in [2.24, 2.45) is 0 Å². The van der Waals surface area contributed by atoms with E-state index >= 15 is 0 Å². The maximum Gasteiger partial charge on any atom is 0.416 e. The topological polar surface area (TPSA) is 78.9 Å². The van der Waals surface area contributed by atoms with E-state index in [4.69, 9.17) is 4.42 Å². The largest absolute Gasteiger partial charge is 0.422 e. The molecule has 0 amide bonds. The van der Waals surface area contributed by atoms with Gasteiger partial charge in [-0.2, -0.15) is 18.4 Å². The lowest BCUT2D eigenvalue weighted by atomic mass is 10.1. The van der Waals surface area contributed by atoms with Gasteiger partial charge in [0.1, 0.15) is 22.2 Å². The number of allylic oxidation sites excluding steroid dienone is 1. The van der Waals surface area contributed by atoms with Gasteiger partial charge in [-0.25, -0.2) is 9.78 Å². The van der Waals surface area contributed by atoms with Gasteiger partial charge in [0, 0.05) is 27.1 Å². The van der Waals surface area contributed by atoms with Crippen molar-refractivity contribution in [3.63, 3.8) is 0 Å². The molecule has 0 radical (unpaired) electrons. The Bertz CT molecular complexity index is 1450. The molecule has 2 heterocycles. The molecule has 2 aromatic heterocycles. The highest BCUT2D eigenvalue weighted by molar-refractivity contribution is 9.10. The third kappa shape index (κ3) is 4.59. The molecule has 0 saturated heterocycles. The molecular weight excluding hydrogens is 507 g/mol. The Balaban J connectivity index is 1.64. The van der Waals surface area contributed by atoms with Gasteiger partial charge in [-0.15, -0.1) is 11.3 Å². The number of rotatable bonds is 4. The monoisotopic (exact) mass is 517 g/mol. The summed E-state index contributed by atoms with van der Waals surface area (Å²) in [7, 11) is 0. The van der Waals surface area contributed by atoms with Crippen LogP contribution < -0.4 is 10.9 Å². The van der Waals surface area contributed by atoms with Crippen molar-refractivity contribution in [2.45, 2.75) is 6.18 Å². The molecule has 0 fully saturated rings. The first-order valence-corrected chi connectivity index (χ1v) is 10.7. The Kier molecular flexibility index (Phi) is 5.86. The average molecular weight is 518 g/mol. The van der Waals surface area contributed by atoms with Crippen molar-refractivity contribution >= 4 is 49.5 Å². The number of benzene rings is 2. The number of thiazole rings is 1. The molecule has 160 valence electrons. The van der Waals surface area contributed by atoms with Gasteiger partial charge in [-0.3, -0.25) is 0 Å². The molecule has 0 spiro atoms. The fourth-order valence-corrected chi connectivity index (χ4v) is 4.04. The fourth-order valence-electron chi connectivity index (χ4n) is 2.88. The number of nitrogens with one attached hydrogen (secondary N) is 1. The number of hydrogen-bond acceptors (Lipinski definition) is 6. The molecule has 32 heavy (non-hydrogen) atoms. The van der Waals surface area contributed by atoms with E-state index in [2.05, 4.69) is 26.2 Å². The number of hydrogen-bond donors (Lipinski definition) is 1. The normalized spacial score (nSPS) is 12.0. The first-order chi connectivity index (χ1) is 15.2. The summed E-state index contributed by atoms with van der Waals surface area (Å²) < 4.78 is 44.8. The minimum absolute atomic E-state index is 0.103. The molecular formula is C22H11BrF3N3O2S. The summed E-state index contributed by atoms with van der Waals surface area (Å²) in [6, 6.07) is 13.5. The zero-order chi connectivity index (χ0) is 22.9. The molecule has 0 aliphatic rings. The second-order valence-electron chi connectivity index (χ2n) is 6.56. The van der Waals surface area contributed by atoms with E-state index in [0.717, 1.165) is 27.9 Å². The molecule has 0 aliphatic carbocycles. The summed E-state index contributed by atoms with van der Waals surface area (Å²) in [6.07, 6.45) is -3.20. The maximum atomic E-state index is 12.9. The Morgan fingerprint density at radius 3 is 2.78 bits per heavy atom. The summed E-state index contributed by atoms with van der Waals surface area (Å²) in [5.74, 6) is 0. The van der Waals surface area contributed by atoms with Crippen LogP contribution in [0.25, 0.3) is 27.8 Å². The van der Waals surface area contributed by atoms with E-state index in [1.54, 1.807) is 29.6 Å². The van der Waals surface area contributed by atoms with Crippen molar-refractivity contribution in [1.29, 1.82) is 5.26 Å². The predicted molar refractivity (Wildman–Crippen MR) is 120 cm³/mol. The summed E-state index contributed by atoms with van der Waals surface area (Å²) in [5.41, 5.74) is -0.0964. The van der Waals surface area contributed by atoms with Crippen LogP contribution >= 0.6 is 27.3 Å². The quantitative estimate of drug-likeness (QED) is 0.241. The van der Waals surface area contributed by atoms with Gasteiger partial charge < -0.3 is 9.73 Å². The Morgan fingerprint density at radius 1 is 1.22 bits per heavy atom. The Hall–Kier alpha value is -3.42. The minimum Gasteiger partial charge on any atom is -0.422 e. The summed E-state index contributed by atoms with van der Waals surface area (Å²) in [6.45, 7) is 0. The molecule has 0 aliphatic heterocycles. The molecule has 1 N–H and O–H groups in total. The zero-order valence-corrected chi connectivity index (χ0v) is 18.3. The molecule has 5 nitrogen and oxygen atoms in total. The second kappa shape index (κ2) is 8.61. The number of alkyl halides is 3. The van der Waals surface area contributed by atoms with E-state index in [-0.39, 0.29) is 16.8 Å². The van der Waals surface area contributed by atoms with Gasteiger partial charge in [-0.1, -0.05) is 22.0 Å².